The Balaban J connectivity index is 2.03. The van der Waals surface area contributed by atoms with E-state index >= 15 is 0 Å². The summed E-state index contributed by atoms with van der Waals surface area (Å²) in [5, 5.41) is 4.05. The van der Waals surface area contributed by atoms with Gasteiger partial charge in [0.25, 0.3) is 0 Å². The molecule has 2 aromatic rings. The molecule has 0 saturated carbocycles. The zero-order valence-corrected chi connectivity index (χ0v) is 14.7. The molecule has 4 heteroatoms. The molecule has 24 heavy (non-hydrogen) atoms. The molecule has 126 valence electrons. The quantitative estimate of drug-likeness (QED) is 0.674. The number of nitrogens with one attached hydrogen (secondary N) is 1. The number of hydrogen-bond acceptors (Lipinski definition) is 3. The molecule has 4 nitrogen and oxygen atoms in total. The van der Waals surface area contributed by atoms with Crippen LogP contribution in [0.3, 0.4) is 0 Å². The molecule has 1 amide bonds. The van der Waals surface area contributed by atoms with Crippen LogP contribution in [0.1, 0.15) is 37.5 Å². The van der Waals surface area contributed by atoms with Crippen LogP contribution in [0.5, 0.6) is 5.75 Å². The second-order valence-electron chi connectivity index (χ2n) is 6.67. The highest BCUT2D eigenvalue weighted by Crippen LogP contribution is 2.31. The van der Waals surface area contributed by atoms with Crippen LogP contribution in [0, 0.1) is 0 Å². The molecule has 0 fully saturated rings. The topological polar surface area (TPSA) is 50.7 Å². The highest BCUT2D eigenvalue weighted by Gasteiger charge is 2.18. The van der Waals surface area contributed by atoms with Crippen molar-refractivity contribution in [1.29, 1.82) is 0 Å². The molecular formula is C20H24N2O2. The Labute approximate surface area is 143 Å². The van der Waals surface area contributed by atoms with E-state index in [1.165, 1.54) is 0 Å². The van der Waals surface area contributed by atoms with E-state index in [0.29, 0.717) is 6.42 Å². The normalized spacial score (nSPS) is 11.5. The molecule has 0 bridgehead atoms. The van der Waals surface area contributed by atoms with Crippen molar-refractivity contribution in [3.8, 4) is 5.75 Å². The van der Waals surface area contributed by atoms with E-state index in [2.05, 4.69) is 31.3 Å². The van der Waals surface area contributed by atoms with Gasteiger partial charge in [-0.2, -0.15) is 5.10 Å². The maximum absolute atomic E-state index is 11.9. The summed E-state index contributed by atoms with van der Waals surface area (Å²) >= 11 is 0. The largest absolute Gasteiger partial charge is 0.496 e. The van der Waals surface area contributed by atoms with Crippen molar-refractivity contribution in [3.05, 3.63) is 65.2 Å². The molecule has 2 rings (SSSR count). The van der Waals surface area contributed by atoms with E-state index in [9.17, 15) is 4.79 Å². The van der Waals surface area contributed by atoms with Gasteiger partial charge in [0.1, 0.15) is 5.75 Å². The zero-order valence-electron chi connectivity index (χ0n) is 14.7. The number of hydrazone groups is 1. The fraction of sp³-hybridized carbons (Fsp3) is 0.300. The lowest BCUT2D eigenvalue weighted by atomic mass is 9.85. The van der Waals surface area contributed by atoms with E-state index in [4.69, 9.17) is 4.74 Å². The maximum Gasteiger partial charge on any atom is 0.244 e. The van der Waals surface area contributed by atoms with Crippen LogP contribution in [0.15, 0.2) is 53.6 Å². The Hall–Kier alpha value is -2.62. The Kier molecular flexibility index (Phi) is 5.74. The number of carbonyl (C=O) groups excluding carboxylic acids is 1. The van der Waals surface area contributed by atoms with Gasteiger partial charge in [-0.05, 0) is 34.7 Å². The van der Waals surface area contributed by atoms with Crippen LogP contribution < -0.4 is 10.2 Å². The van der Waals surface area contributed by atoms with Crippen molar-refractivity contribution in [2.45, 2.75) is 32.6 Å². The van der Waals surface area contributed by atoms with E-state index in [-0.39, 0.29) is 11.3 Å². The van der Waals surface area contributed by atoms with Gasteiger partial charge in [-0.1, -0.05) is 51.1 Å². The van der Waals surface area contributed by atoms with Crippen molar-refractivity contribution in [2.24, 2.45) is 5.10 Å². The summed E-state index contributed by atoms with van der Waals surface area (Å²) in [5.41, 5.74) is 5.51. The molecule has 0 radical (unpaired) electrons. The van der Waals surface area contributed by atoms with Gasteiger partial charge in [0.05, 0.1) is 19.7 Å². The average Bonchev–Trinajstić information content (AvgIpc) is 2.55. The number of nitrogens with zero attached hydrogens (tertiary/aromatic N) is 1. The Morgan fingerprint density at radius 1 is 1.17 bits per heavy atom. The van der Waals surface area contributed by atoms with Gasteiger partial charge < -0.3 is 4.74 Å². The third-order valence-corrected chi connectivity index (χ3v) is 3.64. The number of benzene rings is 2. The summed E-state index contributed by atoms with van der Waals surface area (Å²) in [6.07, 6.45) is 1.96. The molecule has 0 aliphatic rings. The fourth-order valence-electron chi connectivity index (χ4n) is 2.39. The summed E-state index contributed by atoms with van der Waals surface area (Å²) in [6, 6.07) is 15.5. The van der Waals surface area contributed by atoms with Crippen molar-refractivity contribution in [3.63, 3.8) is 0 Å². The molecule has 0 atom stereocenters. The first-order chi connectivity index (χ1) is 11.4. The molecule has 1 N–H and O–H groups in total. The molecule has 0 aliphatic heterocycles. The van der Waals surface area contributed by atoms with Crippen LogP contribution in [-0.4, -0.2) is 19.2 Å². The van der Waals surface area contributed by atoms with E-state index < -0.39 is 0 Å². The van der Waals surface area contributed by atoms with Crippen molar-refractivity contribution >= 4 is 12.1 Å². The van der Waals surface area contributed by atoms with E-state index in [1.807, 2.05) is 48.5 Å². The predicted octanol–water partition coefficient (Wildman–Crippen LogP) is 3.69. The molecule has 0 heterocycles. The van der Waals surface area contributed by atoms with Crippen LogP contribution in [0.4, 0.5) is 0 Å². The van der Waals surface area contributed by atoms with Crippen LogP contribution >= 0.6 is 0 Å². The Morgan fingerprint density at radius 3 is 2.50 bits per heavy atom. The first kappa shape index (κ1) is 17.7. The Morgan fingerprint density at radius 2 is 1.88 bits per heavy atom. The van der Waals surface area contributed by atoms with Gasteiger partial charge in [-0.3, -0.25) is 4.79 Å². The molecule has 2 aromatic carbocycles. The maximum atomic E-state index is 11.9. The summed E-state index contributed by atoms with van der Waals surface area (Å²) < 4.78 is 5.42. The predicted molar refractivity (Wildman–Crippen MR) is 97.6 cm³/mol. The van der Waals surface area contributed by atoms with E-state index in [1.54, 1.807) is 13.3 Å². The van der Waals surface area contributed by atoms with Gasteiger partial charge in [-0.15, -0.1) is 0 Å². The molecule has 0 aliphatic carbocycles. The third-order valence-electron chi connectivity index (χ3n) is 3.64. The zero-order chi connectivity index (χ0) is 17.6. The van der Waals surface area contributed by atoms with Gasteiger partial charge in [0, 0.05) is 5.56 Å². The summed E-state index contributed by atoms with van der Waals surface area (Å²) in [5.74, 6) is 0.717. The van der Waals surface area contributed by atoms with Crippen molar-refractivity contribution in [2.75, 3.05) is 7.11 Å². The lowest BCUT2D eigenvalue weighted by Crippen LogP contribution is -2.19. The number of carbonyl (C=O) groups is 1. The number of methoxy groups -OCH3 is 1. The minimum atomic E-state index is -0.137. The Bertz CT molecular complexity index is 716. The smallest absolute Gasteiger partial charge is 0.244 e. The first-order valence-electron chi connectivity index (χ1n) is 7.94. The standard InChI is InChI=1S/C20H24N2O2/c1-20(2,3)17-12-16(10-11-18(17)24-4)14-21-22-19(23)13-15-8-6-5-7-9-15/h5-12,14H,13H2,1-4H3,(H,22,23)/b21-14+. The van der Waals surface area contributed by atoms with Gasteiger partial charge in [0.15, 0.2) is 0 Å². The number of amides is 1. The monoisotopic (exact) mass is 324 g/mol. The lowest BCUT2D eigenvalue weighted by Gasteiger charge is -2.22. The summed E-state index contributed by atoms with van der Waals surface area (Å²) in [6.45, 7) is 6.40. The van der Waals surface area contributed by atoms with Crippen molar-refractivity contribution in [1.82, 2.24) is 5.43 Å². The number of ether oxygens (including phenoxy) is 1. The minimum absolute atomic E-state index is 0.0360. The minimum Gasteiger partial charge on any atom is -0.496 e. The van der Waals surface area contributed by atoms with Crippen LogP contribution in [0.2, 0.25) is 0 Å². The summed E-state index contributed by atoms with van der Waals surface area (Å²) in [4.78, 5) is 11.9. The molecule has 0 aromatic heterocycles. The third kappa shape index (κ3) is 4.95. The number of hydrogen-bond donors (Lipinski definition) is 1. The van der Waals surface area contributed by atoms with E-state index in [0.717, 1.165) is 22.4 Å². The van der Waals surface area contributed by atoms with Gasteiger partial charge in [-0.25, -0.2) is 5.43 Å². The second kappa shape index (κ2) is 7.77. The molecule has 0 spiro atoms. The number of rotatable bonds is 5. The molecule has 0 saturated heterocycles. The first-order valence-corrected chi connectivity index (χ1v) is 7.94. The molecular weight excluding hydrogens is 300 g/mol. The highest BCUT2D eigenvalue weighted by atomic mass is 16.5. The lowest BCUT2D eigenvalue weighted by molar-refractivity contribution is -0.120. The highest BCUT2D eigenvalue weighted by molar-refractivity contribution is 5.83. The summed E-state index contributed by atoms with van der Waals surface area (Å²) in [7, 11) is 1.67. The van der Waals surface area contributed by atoms with Gasteiger partial charge >= 0.3 is 0 Å². The molecule has 0 unspecified atom stereocenters. The SMILES string of the molecule is COc1ccc(/C=N/NC(=O)Cc2ccccc2)cc1C(C)(C)C. The van der Waals surface area contributed by atoms with Crippen LogP contribution in [-0.2, 0) is 16.6 Å². The van der Waals surface area contributed by atoms with Crippen molar-refractivity contribution < 1.29 is 9.53 Å². The van der Waals surface area contributed by atoms with Gasteiger partial charge in [0.2, 0.25) is 5.91 Å². The second-order valence-corrected chi connectivity index (χ2v) is 6.67. The average molecular weight is 324 g/mol. The van der Waals surface area contributed by atoms with Crippen LogP contribution in [0.25, 0.3) is 0 Å². The fourth-order valence-corrected chi connectivity index (χ4v) is 2.39.